The SMILES string of the molecule is Cc1nn(CCC#N)c2c1P(=S)(N1CCCCC1)OC(c1ccc(F)cc1)=N2. The standard InChI is InChI=1S/C19H21FN5OPS/c1-14-17-18(25(23-14)13-5-10-21)22-19(15-6-8-16(20)9-7-15)26-27(17,28)24-11-3-2-4-12-24/h6-9H,2-5,11-13H2,1H3. The summed E-state index contributed by atoms with van der Waals surface area (Å²) in [6.07, 6.45) is 1.11. The summed E-state index contributed by atoms with van der Waals surface area (Å²) in [5.74, 6) is 0.762. The van der Waals surface area contributed by atoms with Gasteiger partial charge in [0.1, 0.15) is 11.1 Å². The van der Waals surface area contributed by atoms with Gasteiger partial charge in [-0.3, -0.25) is 0 Å². The maximum Gasteiger partial charge on any atom is 0.227 e. The first-order chi connectivity index (χ1) is 13.5. The van der Waals surface area contributed by atoms with Gasteiger partial charge in [-0.25, -0.2) is 13.7 Å². The van der Waals surface area contributed by atoms with E-state index in [0.717, 1.165) is 36.9 Å². The zero-order valence-electron chi connectivity index (χ0n) is 15.6. The summed E-state index contributed by atoms with van der Waals surface area (Å²) in [7, 11) is 0. The molecule has 1 atom stereocenters. The molecular formula is C19H21FN5OPS. The van der Waals surface area contributed by atoms with Gasteiger partial charge < -0.3 is 4.52 Å². The zero-order chi connectivity index (χ0) is 19.7. The molecule has 4 rings (SSSR count). The average molecular weight is 417 g/mol. The molecule has 0 saturated carbocycles. The van der Waals surface area contributed by atoms with E-state index in [9.17, 15) is 4.39 Å². The molecular weight excluding hydrogens is 396 g/mol. The normalized spacial score (nSPS) is 22.1. The van der Waals surface area contributed by atoms with Crippen molar-refractivity contribution in [1.29, 1.82) is 5.26 Å². The minimum Gasteiger partial charge on any atom is -0.431 e. The van der Waals surface area contributed by atoms with E-state index < -0.39 is 6.42 Å². The highest BCUT2D eigenvalue weighted by Gasteiger charge is 2.41. The van der Waals surface area contributed by atoms with Crippen molar-refractivity contribution in [2.24, 2.45) is 4.99 Å². The van der Waals surface area contributed by atoms with E-state index >= 15 is 0 Å². The highest BCUT2D eigenvalue weighted by Crippen LogP contribution is 2.56. The molecule has 1 saturated heterocycles. The fourth-order valence-corrected chi connectivity index (χ4v) is 7.54. The van der Waals surface area contributed by atoms with Crippen LogP contribution in [0, 0.1) is 24.1 Å². The smallest absolute Gasteiger partial charge is 0.227 e. The fourth-order valence-electron chi connectivity index (χ4n) is 3.64. The molecule has 1 aromatic carbocycles. The summed E-state index contributed by atoms with van der Waals surface area (Å²) >= 11 is 6.19. The van der Waals surface area contributed by atoms with E-state index in [1.54, 1.807) is 16.8 Å². The van der Waals surface area contributed by atoms with Crippen LogP contribution in [0.3, 0.4) is 0 Å². The van der Waals surface area contributed by atoms with Crippen molar-refractivity contribution in [3.8, 4) is 6.07 Å². The number of halogens is 1. The second-order valence-corrected chi connectivity index (χ2v) is 10.7. The lowest BCUT2D eigenvalue weighted by Crippen LogP contribution is -2.35. The van der Waals surface area contributed by atoms with Crippen LogP contribution in [0.4, 0.5) is 10.2 Å². The first-order valence-corrected chi connectivity index (χ1v) is 12.0. The molecule has 0 N–H and O–H groups in total. The van der Waals surface area contributed by atoms with Crippen LogP contribution < -0.4 is 5.30 Å². The first-order valence-electron chi connectivity index (χ1n) is 9.37. The summed E-state index contributed by atoms with van der Waals surface area (Å²) in [4.78, 5) is 4.71. The van der Waals surface area contributed by atoms with Crippen molar-refractivity contribution < 1.29 is 8.91 Å². The van der Waals surface area contributed by atoms with Crippen LogP contribution in [0.2, 0.25) is 0 Å². The third-order valence-corrected chi connectivity index (χ3v) is 9.12. The number of nitrogens with zero attached hydrogens (tertiary/aromatic N) is 5. The molecule has 146 valence electrons. The van der Waals surface area contributed by atoms with Crippen LogP contribution in [0.1, 0.15) is 36.9 Å². The number of aryl methyl sites for hydroxylation is 2. The largest absolute Gasteiger partial charge is 0.431 e. The molecule has 6 nitrogen and oxygen atoms in total. The van der Waals surface area contributed by atoms with E-state index in [-0.39, 0.29) is 5.82 Å². The van der Waals surface area contributed by atoms with Gasteiger partial charge in [0.25, 0.3) is 0 Å². The van der Waals surface area contributed by atoms with Gasteiger partial charge in [0, 0.05) is 18.7 Å². The van der Waals surface area contributed by atoms with E-state index in [0.29, 0.717) is 30.2 Å². The van der Waals surface area contributed by atoms with Gasteiger partial charge in [0.05, 0.1) is 24.7 Å². The monoisotopic (exact) mass is 417 g/mol. The van der Waals surface area contributed by atoms with Crippen molar-refractivity contribution in [1.82, 2.24) is 14.5 Å². The highest BCUT2D eigenvalue weighted by molar-refractivity contribution is 8.15. The Balaban J connectivity index is 1.85. The summed E-state index contributed by atoms with van der Waals surface area (Å²) in [6, 6.07) is 8.23. The van der Waals surface area contributed by atoms with Crippen molar-refractivity contribution in [3.05, 3.63) is 41.3 Å². The Labute approximate surface area is 168 Å². The Kier molecular flexibility index (Phi) is 5.33. The van der Waals surface area contributed by atoms with Gasteiger partial charge in [0.2, 0.25) is 12.3 Å². The predicted molar refractivity (Wildman–Crippen MR) is 110 cm³/mol. The number of aromatic nitrogens is 2. The summed E-state index contributed by atoms with van der Waals surface area (Å²) in [5, 5.41) is 14.5. The fraction of sp³-hybridized carbons (Fsp3) is 0.421. The molecule has 28 heavy (non-hydrogen) atoms. The number of benzene rings is 1. The van der Waals surface area contributed by atoms with Crippen LogP contribution >= 0.6 is 6.42 Å². The van der Waals surface area contributed by atoms with Crippen molar-refractivity contribution in [2.75, 3.05) is 13.1 Å². The minimum atomic E-state index is -2.59. The molecule has 2 aliphatic rings. The van der Waals surface area contributed by atoms with E-state index in [4.69, 9.17) is 26.6 Å². The molecule has 1 fully saturated rings. The van der Waals surface area contributed by atoms with Gasteiger partial charge >= 0.3 is 0 Å². The predicted octanol–water partition coefficient (Wildman–Crippen LogP) is 3.77. The number of nitriles is 1. The quantitative estimate of drug-likeness (QED) is 0.709. The van der Waals surface area contributed by atoms with Crippen molar-refractivity contribution in [2.45, 2.75) is 39.2 Å². The number of hydrogen-bond acceptors (Lipinski definition) is 5. The Bertz CT molecular complexity index is 1000. The number of piperidine rings is 1. The lowest BCUT2D eigenvalue weighted by atomic mass is 10.2. The second-order valence-electron chi connectivity index (χ2n) is 6.94. The van der Waals surface area contributed by atoms with Gasteiger partial charge in [0.15, 0.2) is 5.82 Å². The summed E-state index contributed by atoms with van der Waals surface area (Å²) < 4.78 is 23.8. The minimum absolute atomic E-state index is 0.314. The van der Waals surface area contributed by atoms with Gasteiger partial charge in [-0.15, -0.1) is 0 Å². The number of hydrogen-bond donors (Lipinski definition) is 0. The molecule has 3 heterocycles. The third kappa shape index (κ3) is 3.39. The lowest BCUT2D eigenvalue weighted by molar-refractivity contribution is 0.345. The van der Waals surface area contributed by atoms with E-state index in [2.05, 4.69) is 15.8 Å². The summed E-state index contributed by atoms with van der Waals surface area (Å²) in [5.41, 5.74) is 1.49. The van der Waals surface area contributed by atoms with Crippen LogP contribution in [0.5, 0.6) is 0 Å². The number of rotatable bonds is 4. The molecule has 0 radical (unpaired) electrons. The summed E-state index contributed by atoms with van der Waals surface area (Å²) in [6.45, 7) is 4.14. The van der Waals surface area contributed by atoms with Crippen LogP contribution in [-0.4, -0.2) is 33.4 Å². The lowest BCUT2D eigenvalue weighted by Gasteiger charge is -2.38. The number of aliphatic imine (C=N–C) groups is 1. The Morgan fingerprint density at radius 1 is 1.25 bits per heavy atom. The van der Waals surface area contributed by atoms with Crippen LogP contribution in [0.15, 0.2) is 29.3 Å². The second kappa shape index (κ2) is 7.75. The van der Waals surface area contributed by atoms with Crippen LogP contribution in [0.25, 0.3) is 0 Å². The molecule has 0 aliphatic carbocycles. The molecule has 1 aromatic heterocycles. The molecule has 1 unspecified atom stereocenters. The highest BCUT2D eigenvalue weighted by atomic mass is 32.4. The molecule has 0 bridgehead atoms. The Morgan fingerprint density at radius 3 is 2.64 bits per heavy atom. The van der Waals surface area contributed by atoms with E-state index in [1.165, 1.54) is 18.6 Å². The van der Waals surface area contributed by atoms with Gasteiger partial charge in [-0.1, -0.05) is 6.42 Å². The molecule has 0 spiro atoms. The zero-order valence-corrected chi connectivity index (χ0v) is 17.3. The van der Waals surface area contributed by atoms with E-state index in [1.807, 2.05) is 6.92 Å². The third-order valence-electron chi connectivity index (χ3n) is 5.00. The average Bonchev–Trinajstić information content (AvgIpc) is 3.04. The maximum absolute atomic E-state index is 13.4. The molecule has 9 heteroatoms. The topological polar surface area (TPSA) is 66.4 Å². The number of fused-ring (bicyclic) bond motifs is 1. The van der Waals surface area contributed by atoms with Gasteiger partial charge in [-0.05, 0) is 55.8 Å². The Hall–Kier alpha value is -2.07. The maximum atomic E-state index is 13.4. The van der Waals surface area contributed by atoms with Crippen molar-refractivity contribution >= 4 is 35.2 Å². The van der Waals surface area contributed by atoms with Gasteiger partial charge in [-0.2, -0.15) is 15.4 Å². The Morgan fingerprint density at radius 2 is 1.96 bits per heavy atom. The molecule has 2 aromatic rings. The molecule has 2 aliphatic heterocycles. The molecule has 0 amide bonds. The first kappa shape index (κ1) is 19.3. The van der Waals surface area contributed by atoms with Crippen molar-refractivity contribution in [3.63, 3.8) is 0 Å². The van der Waals surface area contributed by atoms with Crippen LogP contribution in [-0.2, 0) is 22.9 Å².